The van der Waals surface area contributed by atoms with E-state index in [1.165, 1.54) is 0 Å². The summed E-state index contributed by atoms with van der Waals surface area (Å²) in [7, 11) is -3.32. The lowest BCUT2D eigenvalue weighted by molar-refractivity contribution is 0.0983. The number of Topliss-reactive ketones (excluding diaryl/α,β-unsaturated/α-hetero) is 1. The van der Waals surface area contributed by atoms with Crippen molar-refractivity contribution in [2.45, 2.75) is 24.5 Å². The second-order valence-electron chi connectivity index (χ2n) is 5.11. The number of rotatable bonds is 2. The van der Waals surface area contributed by atoms with Gasteiger partial charge in [-0.1, -0.05) is 24.1 Å². The molecule has 1 aromatic heterocycles. The monoisotopic (exact) mass is 311 g/mol. The number of H-pyrrole nitrogens is 1. The first-order chi connectivity index (χ1) is 9.49. The van der Waals surface area contributed by atoms with Crippen LogP contribution < -0.4 is 0 Å². The predicted octanol–water partition coefficient (Wildman–Crippen LogP) is 2.97. The lowest BCUT2D eigenvalue weighted by atomic mass is 10.0. The molecule has 1 unspecified atom stereocenters. The number of benzene rings is 1. The highest BCUT2D eigenvalue weighted by molar-refractivity contribution is 7.92. The Morgan fingerprint density at radius 1 is 1.30 bits per heavy atom. The molecule has 2 heterocycles. The van der Waals surface area contributed by atoms with Crippen molar-refractivity contribution in [1.82, 2.24) is 4.98 Å². The Morgan fingerprint density at radius 3 is 2.85 bits per heavy atom. The summed E-state index contributed by atoms with van der Waals surface area (Å²) in [6.07, 6.45) is 3.42. The largest absolute Gasteiger partial charge is 0.360 e. The molecule has 0 amide bonds. The maximum absolute atomic E-state index is 12.5. The first kappa shape index (κ1) is 13.6. The van der Waals surface area contributed by atoms with Gasteiger partial charge in [0.15, 0.2) is 15.6 Å². The zero-order valence-corrected chi connectivity index (χ0v) is 12.3. The van der Waals surface area contributed by atoms with Gasteiger partial charge >= 0.3 is 0 Å². The SMILES string of the molecule is O=C(c1c[nH]c2cc(Cl)ccc12)C1CCCCS1(=O)=O. The molecule has 1 aliphatic heterocycles. The van der Waals surface area contributed by atoms with Crippen LogP contribution in [0.4, 0.5) is 0 Å². The summed E-state index contributed by atoms with van der Waals surface area (Å²) < 4.78 is 24.1. The van der Waals surface area contributed by atoms with E-state index in [1.54, 1.807) is 24.4 Å². The first-order valence-electron chi connectivity index (χ1n) is 6.51. The highest BCUT2D eigenvalue weighted by Crippen LogP contribution is 2.28. The van der Waals surface area contributed by atoms with Gasteiger partial charge in [0, 0.05) is 27.7 Å². The quantitative estimate of drug-likeness (QED) is 0.867. The van der Waals surface area contributed by atoms with E-state index in [-0.39, 0.29) is 11.5 Å². The molecule has 3 rings (SSSR count). The van der Waals surface area contributed by atoms with E-state index in [1.807, 2.05) is 0 Å². The van der Waals surface area contributed by atoms with E-state index in [0.717, 1.165) is 17.3 Å². The van der Waals surface area contributed by atoms with E-state index in [0.29, 0.717) is 23.4 Å². The van der Waals surface area contributed by atoms with Gasteiger partial charge in [-0.15, -0.1) is 0 Å². The number of hydrogen-bond donors (Lipinski definition) is 1. The number of fused-ring (bicyclic) bond motifs is 1. The summed E-state index contributed by atoms with van der Waals surface area (Å²) in [5.74, 6) is -0.198. The Balaban J connectivity index is 2.04. The van der Waals surface area contributed by atoms with Gasteiger partial charge in [0.2, 0.25) is 0 Å². The second-order valence-corrected chi connectivity index (χ2v) is 7.85. The summed E-state index contributed by atoms with van der Waals surface area (Å²) in [6, 6.07) is 5.17. The average molecular weight is 312 g/mol. The van der Waals surface area contributed by atoms with Crippen molar-refractivity contribution in [2.24, 2.45) is 0 Å². The number of nitrogens with one attached hydrogen (secondary N) is 1. The molecular formula is C14H14ClNO3S. The molecule has 0 bridgehead atoms. The van der Waals surface area contributed by atoms with E-state index in [9.17, 15) is 13.2 Å². The number of carbonyl (C=O) groups excluding carboxylic acids is 1. The topological polar surface area (TPSA) is 67.0 Å². The molecule has 0 saturated carbocycles. The standard InChI is InChI=1S/C14H14ClNO3S/c15-9-4-5-10-11(8-16-12(10)7-9)14(17)13-3-1-2-6-20(13,18)19/h4-5,7-8,13,16H,1-3,6H2. The number of hydrogen-bond acceptors (Lipinski definition) is 3. The van der Waals surface area contributed by atoms with E-state index in [2.05, 4.69) is 4.98 Å². The summed E-state index contributed by atoms with van der Waals surface area (Å²) in [5.41, 5.74) is 1.18. The number of aromatic nitrogens is 1. The van der Waals surface area contributed by atoms with Crippen molar-refractivity contribution in [3.63, 3.8) is 0 Å². The van der Waals surface area contributed by atoms with Gasteiger partial charge in [-0.2, -0.15) is 0 Å². The molecule has 2 aromatic rings. The fourth-order valence-corrected chi connectivity index (χ4v) is 4.77. The predicted molar refractivity (Wildman–Crippen MR) is 79.1 cm³/mol. The Hall–Kier alpha value is -1.33. The Kier molecular flexibility index (Phi) is 3.34. The number of carbonyl (C=O) groups is 1. The molecule has 1 atom stereocenters. The molecule has 0 radical (unpaired) electrons. The Morgan fingerprint density at radius 2 is 2.10 bits per heavy atom. The van der Waals surface area contributed by atoms with E-state index < -0.39 is 15.1 Å². The number of ketones is 1. The highest BCUT2D eigenvalue weighted by Gasteiger charge is 2.36. The third-order valence-corrected chi connectivity index (χ3v) is 6.19. The molecule has 1 fully saturated rings. The molecule has 106 valence electrons. The van der Waals surface area contributed by atoms with E-state index >= 15 is 0 Å². The normalized spacial score (nSPS) is 21.9. The van der Waals surface area contributed by atoms with Gasteiger partial charge in [-0.25, -0.2) is 8.42 Å². The summed E-state index contributed by atoms with van der Waals surface area (Å²) in [4.78, 5) is 15.5. The van der Waals surface area contributed by atoms with Crippen molar-refractivity contribution >= 4 is 38.1 Å². The van der Waals surface area contributed by atoms with Gasteiger partial charge in [-0.3, -0.25) is 4.79 Å². The molecule has 20 heavy (non-hydrogen) atoms. The van der Waals surface area contributed by atoms with Crippen LogP contribution in [0.2, 0.25) is 5.02 Å². The van der Waals surface area contributed by atoms with Crippen LogP contribution in [0.1, 0.15) is 29.6 Å². The van der Waals surface area contributed by atoms with Crippen LogP contribution in [0.3, 0.4) is 0 Å². The lowest BCUT2D eigenvalue weighted by Gasteiger charge is -2.20. The van der Waals surface area contributed by atoms with Gasteiger partial charge in [0.05, 0.1) is 5.75 Å². The van der Waals surface area contributed by atoms with Gasteiger partial charge < -0.3 is 4.98 Å². The molecule has 0 spiro atoms. The fourth-order valence-electron chi connectivity index (χ4n) is 2.72. The molecule has 1 saturated heterocycles. The van der Waals surface area contributed by atoms with Crippen molar-refractivity contribution < 1.29 is 13.2 Å². The molecule has 1 N–H and O–H groups in total. The van der Waals surface area contributed by atoms with Crippen molar-refractivity contribution in [1.29, 1.82) is 0 Å². The maximum atomic E-state index is 12.5. The van der Waals surface area contributed by atoms with Crippen LogP contribution in [0.5, 0.6) is 0 Å². The maximum Gasteiger partial charge on any atom is 0.183 e. The van der Waals surface area contributed by atoms with Crippen molar-refractivity contribution in [3.8, 4) is 0 Å². The average Bonchev–Trinajstić information content (AvgIpc) is 2.80. The molecule has 4 nitrogen and oxygen atoms in total. The molecule has 6 heteroatoms. The minimum Gasteiger partial charge on any atom is -0.360 e. The molecule has 1 aromatic carbocycles. The minimum atomic E-state index is -3.32. The van der Waals surface area contributed by atoms with Crippen LogP contribution in [0.15, 0.2) is 24.4 Å². The van der Waals surface area contributed by atoms with E-state index in [4.69, 9.17) is 11.6 Å². The minimum absolute atomic E-state index is 0.109. The zero-order chi connectivity index (χ0) is 14.3. The third kappa shape index (κ3) is 2.25. The summed E-state index contributed by atoms with van der Waals surface area (Å²) >= 11 is 5.90. The van der Waals surface area contributed by atoms with Gasteiger partial charge in [0.25, 0.3) is 0 Å². The highest BCUT2D eigenvalue weighted by atomic mass is 35.5. The zero-order valence-electron chi connectivity index (χ0n) is 10.7. The van der Waals surface area contributed by atoms with Gasteiger partial charge in [-0.05, 0) is 25.0 Å². The first-order valence-corrected chi connectivity index (χ1v) is 8.61. The van der Waals surface area contributed by atoms with Crippen LogP contribution in [0.25, 0.3) is 10.9 Å². The van der Waals surface area contributed by atoms with Crippen molar-refractivity contribution in [3.05, 3.63) is 35.0 Å². The smallest absolute Gasteiger partial charge is 0.183 e. The van der Waals surface area contributed by atoms with Gasteiger partial charge in [0.1, 0.15) is 5.25 Å². The molecule has 1 aliphatic rings. The van der Waals surface area contributed by atoms with Crippen LogP contribution in [-0.2, 0) is 9.84 Å². The summed E-state index contributed by atoms with van der Waals surface area (Å²) in [6.45, 7) is 0. The third-order valence-electron chi connectivity index (χ3n) is 3.78. The summed E-state index contributed by atoms with van der Waals surface area (Å²) in [5, 5.41) is 0.398. The molecule has 0 aliphatic carbocycles. The fraction of sp³-hybridized carbons (Fsp3) is 0.357. The Bertz CT molecular complexity index is 779. The molecular weight excluding hydrogens is 298 g/mol. The van der Waals surface area contributed by atoms with Crippen LogP contribution >= 0.6 is 11.6 Å². The number of halogens is 1. The number of sulfone groups is 1. The second kappa shape index (κ2) is 4.90. The van der Waals surface area contributed by atoms with Crippen LogP contribution in [0, 0.1) is 0 Å². The Labute approximate surface area is 122 Å². The lowest BCUT2D eigenvalue weighted by Crippen LogP contribution is -2.35. The number of aromatic amines is 1. The van der Waals surface area contributed by atoms with Crippen LogP contribution in [-0.4, -0.2) is 30.2 Å². The van der Waals surface area contributed by atoms with Crippen molar-refractivity contribution in [2.75, 3.05) is 5.75 Å².